The highest BCUT2D eigenvalue weighted by atomic mass is 32.1. The van der Waals surface area contributed by atoms with Crippen LogP contribution >= 0.6 is 12.2 Å². The molecule has 0 fully saturated rings. The first-order chi connectivity index (χ1) is 10.3. The zero-order valence-electron chi connectivity index (χ0n) is 11.1. The zero-order valence-corrected chi connectivity index (χ0v) is 11.9. The first-order valence-corrected chi connectivity index (χ1v) is 7.17. The number of thiocarbonyl (C=S) groups is 1. The Labute approximate surface area is 127 Å². The van der Waals surface area contributed by atoms with Gasteiger partial charge in [0.15, 0.2) is 5.11 Å². The summed E-state index contributed by atoms with van der Waals surface area (Å²) >= 11 is 5.26. The summed E-state index contributed by atoms with van der Waals surface area (Å²) in [6.45, 7) is 0. The average molecular weight is 292 g/mol. The molecule has 3 nitrogen and oxygen atoms in total. The van der Waals surface area contributed by atoms with Crippen molar-refractivity contribution in [3.63, 3.8) is 0 Å². The van der Waals surface area contributed by atoms with Gasteiger partial charge < -0.3 is 10.6 Å². The van der Waals surface area contributed by atoms with Crippen LogP contribution in [-0.4, -0.2) is 10.9 Å². The summed E-state index contributed by atoms with van der Waals surface area (Å²) in [4.78, 5) is 12.5. The minimum absolute atomic E-state index is 0.0189. The van der Waals surface area contributed by atoms with Crippen molar-refractivity contribution < 1.29 is 4.79 Å². The van der Waals surface area contributed by atoms with Gasteiger partial charge in [-0.2, -0.15) is 0 Å². The Balaban J connectivity index is 1.93. The number of nitrogens with one attached hydrogen (secondary N) is 2. The third-order valence-electron chi connectivity index (χ3n) is 3.89. The van der Waals surface area contributed by atoms with Gasteiger partial charge in [-0.05, 0) is 23.3 Å². The number of allylic oxidation sites excluding steroid dienone is 1. The number of rotatable bonds is 1. The molecule has 1 aliphatic heterocycles. The largest absolute Gasteiger partial charge is 0.351 e. The molecule has 2 aromatic rings. The third-order valence-corrected chi connectivity index (χ3v) is 4.11. The molecule has 4 rings (SSSR count). The van der Waals surface area contributed by atoms with E-state index in [9.17, 15) is 4.79 Å². The van der Waals surface area contributed by atoms with Crippen molar-refractivity contribution in [2.45, 2.75) is 6.04 Å². The number of benzene rings is 2. The SMILES string of the molecule is O=C1C2=C(c3ccccc31)[C@H](c1ccccc1)NC(=S)N2. The van der Waals surface area contributed by atoms with E-state index >= 15 is 0 Å². The van der Waals surface area contributed by atoms with Gasteiger partial charge in [-0.1, -0.05) is 54.6 Å². The van der Waals surface area contributed by atoms with E-state index in [4.69, 9.17) is 12.2 Å². The van der Waals surface area contributed by atoms with Gasteiger partial charge >= 0.3 is 0 Å². The van der Waals surface area contributed by atoms with Crippen LogP contribution < -0.4 is 10.6 Å². The lowest BCUT2D eigenvalue weighted by Gasteiger charge is -2.28. The average Bonchev–Trinajstić information content (AvgIpc) is 2.81. The van der Waals surface area contributed by atoms with Gasteiger partial charge in [-0.3, -0.25) is 4.79 Å². The molecule has 1 atom stereocenters. The van der Waals surface area contributed by atoms with E-state index in [0.717, 1.165) is 22.3 Å². The van der Waals surface area contributed by atoms with Crippen LogP contribution in [0, 0.1) is 0 Å². The van der Waals surface area contributed by atoms with Crippen LogP contribution in [0.5, 0.6) is 0 Å². The fourth-order valence-corrected chi connectivity index (χ4v) is 3.20. The Hall–Kier alpha value is -2.46. The summed E-state index contributed by atoms with van der Waals surface area (Å²) in [6, 6.07) is 17.6. The van der Waals surface area contributed by atoms with Crippen LogP contribution in [0.3, 0.4) is 0 Å². The first-order valence-electron chi connectivity index (χ1n) is 6.76. The number of Topliss-reactive ketones (excluding diaryl/α,β-unsaturated/α-hetero) is 1. The van der Waals surface area contributed by atoms with Crippen molar-refractivity contribution in [3.05, 3.63) is 77.0 Å². The molecule has 0 radical (unpaired) electrons. The van der Waals surface area contributed by atoms with E-state index in [1.807, 2.05) is 54.6 Å². The van der Waals surface area contributed by atoms with Crippen molar-refractivity contribution in [1.29, 1.82) is 0 Å². The molecule has 2 N–H and O–H groups in total. The fraction of sp³-hybridized carbons (Fsp3) is 0.0588. The van der Waals surface area contributed by atoms with Gasteiger partial charge in [0.05, 0.1) is 11.7 Å². The molecule has 0 spiro atoms. The smallest absolute Gasteiger partial charge is 0.210 e. The highest BCUT2D eigenvalue weighted by Crippen LogP contribution is 2.41. The van der Waals surface area contributed by atoms with E-state index in [2.05, 4.69) is 10.6 Å². The highest BCUT2D eigenvalue weighted by molar-refractivity contribution is 7.80. The van der Waals surface area contributed by atoms with E-state index in [-0.39, 0.29) is 11.8 Å². The zero-order chi connectivity index (χ0) is 14.4. The molecule has 0 saturated carbocycles. The normalized spacial score (nSPS) is 19.7. The van der Waals surface area contributed by atoms with Crippen LogP contribution in [0.2, 0.25) is 0 Å². The minimum Gasteiger partial charge on any atom is -0.351 e. The number of carbonyl (C=O) groups excluding carboxylic acids is 1. The Bertz CT molecular complexity index is 795. The maximum Gasteiger partial charge on any atom is 0.210 e. The van der Waals surface area contributed by atoms with Gasteiger partial charge in [-0.25, -0.2) is 0 Å². The highest BCUT2D eigenvalue weighted by Gasteiger charge is 2.37. The van der Waals surface area contributed by atoms with Crippen LogP contribution in [-0.2, 0) is 0 Å². The lowest BCUT2D eigenvalue weighted by Crippen LogP contribution is -2.43. The lowest BCUT2D eigenvalue weighted by atomic mass is 9.93. The van der Waals surface area contributed by atoms with Gasteiger partial charge in [0.2, 0.25) is 5.78 Å². The van der Waals surface area contributed by atoms with Crippen molar-refractivity contribution in [2.24, 2.45) is 0 Å². The minimum atomic E-state index is -0.0949. The quantitative estimate of drug-likeness (QED) is 0.793. The predicted octanol–water partition coefficient (Wildman–Crippen LogP) is 2.81. The van der Waals surface area contributed by atoms with Crippen molar-refractivity contribution in [1.82, 2.24) is 10.6 Å². The summed E-state index contributed by atoms with van der Waals surface area (Å²) < 4.78 is 0. The Morgan fingerprint density at radius 2 is 1.57 bits per heavy atom. The third kappa shape index (κ3) is 1.80. The molecule has 0 unspecified atom stereocenters. The number of hydrogen-bond donors (Lipinski definition) is 2. The van der Waals surface area contributed by atoms with Crippen LogP contribution in [0.15, 0.2) is 60.3 Å². The van der Waals surface area contributed by atoms with Crippen LogP contribution in [0.4, 0.5) is 0 Å². The molecule has 0 saturated heterocycles. The standard InChI is InChI=1S/C17H12N2OS/c20-16-12-9-5-4-8-11(12)13-14(10-6-2-1-3-7-10)18-17(21)19-15(13)16/h1-9,14H,(H2,18,19,21)/t14-/m0/s1. The summed E-state index contributed by atoms with van der Waals surface area (Å²) in [6.07, 6.45) is 0. The summed E-state index contributed by atoms with van der Waals surface area (Å²) in [5.74, 6) is 0.0189. The predicted molar refractivity (Wildman–Crippen MR) is 85.7 cm³/mol. The number of hydrogen-bond acceptors (Lipinski definition) is 2. The van der Waals surface area contributed by atoms with Crippen LogP contribution in [0.25, 0.3) is 5.57 Å². The molecule has 0 amide bonds. The lowest BCUT2D eigenvalue weighted by molar-refractivity contribution is 0.103. The monoisotopic (exact) mass is 292 g/mol. The van der Waals surface area contributed by atoms with E-state index in [1.165, 1.54) is 0 Å². The first kappa shape index (κ1) is 12.3. The molecule has 2 aliphatic rings. The van der Waals surface area contributed by atoms with Crippen molar-refractivity contribution >= 4 is 28.7 Å². The van der Waals surface area contributed by atoms with Gasteiger partial charge in [0.1, 0.15) is 0 Å². The van der Waals surface area contributed by atoms with E-state index < -0.39 is 0 Å². The molecule has 4 heteroatoms. The molecule has 2 aromatic carbocycles. The Morgan fingerprint density at radius 3 is 2.33 bits per heavy atom. The molecule has 102 valence electrons. The van der Waals surface area contributed by atoms with Gasteiger partial charge in [0, 0.05) is 11.1 Å². The molecule has 1 heterocycles. The molecule has 1 aliphatic carbocycles. The molecular formula is C17H12N2OS. The summed E-state index contributed by atoms with van der Waals surface area (Å²) in [5.41, 5.74) is 4.40. The second-order valence-corrected chi connectivity index (χ2v) is 5.51. The van der Waals surface area contributed by atoms with Crippen molar-refractivity contribution in [2.75, 3.05) is 0 Å². The summed E-state index contributed by atoms with van der Waals surface area (Å²) in [5, 5.41) is 6.79. The van der Waals surface area contributed by atoms with E-state index in [0.29, 0.717) is 10.8 Å². The summed E-state index contributed by atoms with van der Waals surface area (Å²) in [7, 11) is 0. The topological polar surface area (TPSA) is 41.1 Å². The maximum atomic E-state index is 12.5. The number of fused-ring (bicyclic) bond motifs is 2. The van der Waals surface area contributed by atoms with Gasteiger partial charge in [-0.15, -0.1) is 0 Å². The van der Waals surface area contributed by atoms with E-state index in [1.54, 1.807) is 0 Å². The fourth-order valence-electron chi connectivity index (χ4n) is 2.98. The second-order valence-electron chi connectivity index (χ2n) is 5.11. The van der Waals surface area contributed by atoms with Crippen molar-refractivity contribution in [3.8, 4) is 0 Å². The van der Waals surface area contributed by atoms with Gasteiger partial charge in [0.25, 0.3) is 0 Å². The molecular weight excluding hydrogens is 280 g/mol. The molecule has 21 heavy (non-hydrogen) atoms. The maximum absolute atomic E-state index is 12.5. The molecule has 0 bridgehead atoms. The molecule has 0 aromatic heterocycles. The Morgan fingerprint density at radius 1 is 0.905 bits per heavy atom. The number of ketones is 1. The Kier molecular flexibility index (Phi) is 2.65. The van der Waals surface area contributed by atoms with Crippen LogP contribution in [0.1, 0.15) is 27.5 Å². The number of carbonyl (C=O) groups is 1. The second kappa shape index (κ2) is 4.53.